The standard InChI is InChI=1S/C11H21N3O2/c1-13-5-3-2-4-9(13)11(6-12)7-14(8-11)10(15)16/h9H,2-8,12H2,1H3,(H,15,16). The smallest absolute Gasteiger partial charge is 0.407 e. The molecular formula is C11H21N3O2. The monoisotopic (exact) mass is 227 g/mol. The van der Waals surface area contributed by atoms with Crippen molar-refractivity contribution in [1.29, 1.82) is 0 Å². The molecule has 0 aromatic rings. The van der Waals surface area contributed by atoms with Gasteiger partial charge in [-0.05, 0) is 26.4 Å². The molecule has 0 radical (unpaired) electrons. The summed E-state index contributed by atoms with van der Waals surface area (Å²) in [5.41, 5.74) is 5.89. The van der Waals surface area contributed by atoms with Crippen LogP contribution >= 0.6 is 0 Å². The van der Waals surface area contributed by atoms with E-state index in [0.717, 1.165) is 13.0 Å². The second kappa shape index (κ2) is 4.22. The molecule has 5 nitrogen and oxygen atoms in total. The van der Waals surface area contributed by atoms with E-state index in [1.54, 1.807) is 0 Å². The first kappa shape index (κ1) is 11.7. The Bertz CT molecular complexity index is 276. The van der Waals surface area contributed by atoms with Gasteiger partial charge in [0.05, 0.1) is 0 Å². The van der Waals surface area contributed by atoms with Crippen LogP contribution in [0.4, 0.5) is 4.79 Å². The van der Waals surface area contributed by atoms with Crippen molar-refractivity contribution in [3.63, 3.8) is 0 Å². The highest BCUT2D eigenvalue weighted by molar-refractivity contribution is 5.66. The van der Waals surface area contributed by atoms with Crippen LogP contribution in [0.15, 0.2) is 0 Å². The number of nitrogens with zero attached hydrogens (tertiary/aromatic N) is 2. The Hall–Kier alpha value is -0.810. The lowest BCUT2D eigenvalue weighted by molar-refractivity contribution is -0.0554. The highest BCUT2D eigenvalue weighted by Crippen LogP contribution is 2.39. The average Bonchev–Trinajstić information content (AvgIpc) is 2.19. The van der Waals surface area contributed by atoms with Gasteiger partial charge in [0, 0.05) is 31.1 Å². The van der Waals surface area contributed by atoms with Crippen molar-refractivity contribution < 1.29 is 9.90 Å². The van der Waals surface area contributed by atoms with Crippen LogP contribution in [0.5, 0.6) is 0 Å². The lowest BCUT2D eigenvalue weighted by Gasteiger charge is -2.56. The molecule has 3 N–H and O–H groups in total. The second-order valence-electron chi connectivity index (χ2n) is 5.20. The van der Waals surface area contributed by atoms with Crippen molar-refractivity contribution in [3.05, 3.63) is 0 Å². The van der Waals surface area contributed by atoms with E-state index >= 15 is 0 Å². The lowest BCUT2D eigenvalue weighted by atomic mass is 9.70. The zero-order valence-electron chi connectivity index (χ0n) is 9.85. The molecular weight excluding hydrogens is 206 g/mol. The molecule has 2 aliphatic heterocycles. The number of carboxylic acid groups (broad SMARTS) is 1. The molecule has 2 heterocycles. The van der Waals surface area contributed by atoms with E-state index in [1.165, 1.54) is 17.7 Å². The summed E-state index contributed by atoms with van der Waals surface area (Å²) < 4.78 is 0. The van der Waals surface area contributed by atoms with E-state index in [1.807, 2.05) is 0 Å². The molecule has 92 valence electrons. The molecule has 5 heteroatoms. The maximum Gasteiger partial charge on any atom is 0.407 e. The number of carbonyl (C=O) groups is 1. The predicted octanol–water partition coefficient (Wildman–Crippen LogP) is 0.409. The third-order valence-electron chi connectivity index (χ3n) is 4.17. The van der Waals surface area contributed by atoms with Crippen LogP contribution < -0.4 is 5.73 Å². The van der Waals surface area contributed by atoms with Crippen LogP contribution in [0.1, 0.15) is 19.3 Å². The van der Waals surface area contributed by atoms with Crippen molar-refractivity contribution in [2.24, 2.45) is 11.1 Å². The van der Waals surface area contributed by atoms with E-state index < -0.39 is 6.09 Å². The first-order chi connectivity index (χ1) is 7.59. The van der Waals surface area contributed by atoms with E-state index in [4.69, 9.17) is 10.8 Å². The second-order valence-corrected chi connectivity index (χ2v) is 5.20. The number of nitrogens with two attached hydrogens (primary N) is 1. The van der Waals surface area contributed by atoms with Crippen LogP contribution in [0.25, 0.3) is 0 Å². The third-order valence-corrected chi connectivity index (χ3v) is 4.17. The van der Waals surface area contributed by atoms with Gasteiger partial charge in [0.15, 0.2) is 0 Å². The molecule has 0 aliphatic carbocycles. The maximum absolute atomic E-state index is 10.8. The Balaban J connectivity index is 2.03. The van der Waals surface area contributed by atoms with Crippen molar-refractivity contribution in [3.8, 4) is 0 Å². The van der Waals surface area contributed by atoms with Gasteiger partial charge in [0.1, 0.15) is 0 Å². The molecule has 16 heavy (non-hydrogen) atoms. The van der Waals surface area contributed by atoms with Gasteiger partial charge in [-0.25, -0.2) is 4.79 Å². The largest absolute Gasteiger partial charge is 0.465 e. The first-order valence-corrected chi connectivity index (χ1v) is 5.97. The van der Waals surface area contributed by atoms with Crippen molar-refractivity contribution in [2.45, 2.75) is 25.3 Å². The molecule has 2 saturated heterocycles. The fourth-order valence-corrected chi connectivity index (χ4v) is 3.17. The quantitative estimate of drug-likeness (QED) is 0.717. The summed E-state index contributed by atoms with van der Waals surface area (Å²) in [6, 6.07) is 0.460. The zero-order chi connectivity index (χ0) is 11.8. The highest BCUT2D eigenvalue weighted by atomic mass is 16.4. The van der Waals surface area contributed by atoms with Gasteiger partial charge in [-0.15, -0.1) is 0 Å². The minimum atomic E-state index is -0.817. The topological polar surface area (TPSA) is 69.8 Å². The minimum absolute atomic E-state index is 0.00750. The van der Waals surface area contributed by atoms with Crippen LogP contribution in [0, 0.1) is 5.41 Å². The number of amides is 1. The van der Waals surface area contributed by atoms with Gasteiger partial charge in [0.2, 0.25) is 0 Å². The van der Waals surface area contributed by atoms with Gasteiger partial charge >= 0.3 is 6.09 Å². The Kier molecular flexibility index (Phi) is 3.08. The predicted molar refractivity (Wildman–Crippen MR) is 61.4 cm³/mol. The van der Waals surface area contributed by atoms with Crippen molar-refractivity contribution in [1.82, 2.24) is 9.80 Å². The number of rotatable bonds is 2. The summed E-state index contributed by atoms with van der Waals surface area (Å²) in [6.45, 7) is 2.91. The first-order valence-electron chi connectivity index (χ1n) is 5.97. The maximum atomic E-state index is 10.8. The molecule has 0 saturated carbocycles. The van der Waals surface area contributed by atoms with Crippen LogP contribution in [-0.2, 0) is 0 Å². The molecule has 0 bridgehead atoms. The molecule has 1 atom stereocenters. The Morgan fingerprint density at radius 2 is 2.19 bits per heavy atom. The van der Waals surface area contributed by atoms with Gasteiger partial charge in [-0.3, -0.25) is 0 Å². The summed E-state index contributed by atoms with van der Waals surface area (Å²) in [5, 5.41) is 8.90. The van der Waals surface area contributed by atoms with E-state index in [2.05, 4.69) is 11.9 Å². The average molecular weight is 227 g/mol. The number of likely N-dealkylation sites (tertiary alicyclic amines) is 2. The van der Waals surface area contributed by atoms with Crippen LogP contribution in [0.2, 0.25) is 0 Å². The Morgan fingerprint density at radius 1 is 1.50 bits per heavy atom. The fourth-order valence-electron chi connectivity index (χ4n) is 3.17. The molecule has 1 unspecified atom stereocenters. The Morgan fingerprint density at radius 3 is 2.69 bits per heavy atom. The normalized spacial score (nSPS) is 29.9. The fraction of sp³-hybridized carbons (Fsp3) is 0.909. The SMILES string of the molecule is CN1CCCCC1C1(CN)CN(C(=O)O)C1. The number of piperidine rings is 1. The minimum Gasteiger partial charge on any atom is -0.465 e. The van der Waals surface area contributed by atoms with Crippen LogP contribution in [-0.4, -0.2) is 60.3 Å². The summed E-state index contributed by atoms with van der Waals surface area (Å²) in [7, 11) is 2.13. The lowest BCUT2D eigenvalue weighted by Crippen LogP contribution is -2.69. The van der Waals surface area contributed by atoms with Gasteiger partial charge in [0.25, 0.3) is 0 Å². The zero-order valence-corrected chi connectivity index (χ0v) is 9.85. The van der Waals surface area contributed by atoms with E-state index in [0.29, 0.717) is 25.7 Å². The van der Waals surface area contributed by atoms with Crippen molar-refractivity contribution in [2.75, 3.05) is 33.2 Å². The molecule has 2 aliphatic rings. The molecule has 0 spiro atoms. The van der Waals surface area contributed by atoms with Gasteiger partial charge in [-0.1, -0.05) is 6.42 Å². The molecule has 2 rings (SSSR count). The van der Waals surface area contributed by atoms with Gasteiger partial charge in [-0.2, -0.15) is 0 Å². The molecule has 0 aromatic heterocycles. The third kappa shape index (κ3) is 1.78. The molecule has 0 aromatic carbocycles. The summed E-state index contributed by atoms with van der Waals surface area (Å²) in [6.07, 6.45) is 2.82. The van der Waals surface area contributed by atoms with E-state index in [9.17, 15) is 4.79 Å². The summed E-state index contributed by atoms with van der Waals surface area (Å²) in [4.78, 5) is 14.6. The van der Waals surface area contributed by atoms with Crippen molar-refractivity contribution >= 4 is 6.09 Å². The van der Waals surface area contributed by atoms with Crippen LogP contribution in [0.3, 0.4) is 0 Å². The van der Waals surface area contributed by atoms with Gasteiger partial charge < -0.3 is 20.6 Å². The summed E-state index contributed by atoms with van der Waals surface area (Å²) in [5.74, 6) is 0. The Labute approximate surface area is 96.2 Å². The highest BCUT2D eigenvalue weighted by Gasteiger charge is 2.51. The molecule has 1 amide bonds. The van der Waals surface area contributed by atoms with E-state index in [-0.39, 0.29) is 5.41 Å². The summed E-state index contributed by atoms with van der Waals surface area (Å²) >= 11 is 0. The number of hydrogen-bond donors (Lipinski definition) is 2. The molecule has 2 fully saturated rings. The number of hydrogen-bond acceptors (Lipinski definition) is 3.